The summed E-state index contributed by atoms with van der Waals surface area (Å²) in [5.41, 5.74) is 6.56. The Morgan fingerprint density at radius 1 is 1.26 bits per heavy atom. The Labute approximate surface area is 117 Å². The van der Waals surface area contributed by atoms with Gasteiger partial charge in [-0.05, 0) is 49.4 Å². The molecule has 5 atom stereocenters. The van der Waals surface area contributed by atoms with Crippen molar-refractivity contribution in [2.75, 3.05) is 0 Å². The van der Waals surface area contributed by atoms with Crippen LogP contribution in [0.2, 0.25) is 0 Å². The standard InChI is InChI=1S/C15H28BNO2/c1-9(2)6-13(17)16-18-12-8-10-7-11(14(10,3)4)15(12,5)19-16/h9-13H,6-8,17H2,1-5H3/t10?,11-,12+,13+,15-/m0/s1. The molecule has 4 aliphatic rings. The molecule has 3 aliphatic carbocycles. The molecule has 4 rings (SSSR count). The highest BCUT2D eigenvalue weighted by Crippen LogP contribution is 2.65. The Morgan fingerprint density at radius 2 is 1.95 bits per heavy atom. The van der Waals surface area contributed by atoms with Gasteiger partial charge in [0.1, 0.15) is 0 Å². The van der Waals surface area contributed by atoms with Crippen LogP contribution in [0.15, 0.2) is 0 Å². The Kier molecular flexibility index (Phi) is 3.09. The van der Waals surface area contributed by atoms with E-state index in [1.54, 1.807) is 0 Å². The maximum atomic E-state index is 6.35. The minimum atomic E-state index is -0.201. The van der Waals surface area contributed by atoms with E-state index >= 15 is 0 Å². The van der Waals surface area contributed by atoms with Crippen molar-refractivity contribution in [2.24, 2.45) is 28.9 Å². The molecule has 2 bridgehead atoms. The van der Waals surface area contributed by atoms with E-state index in [2.05, 4.69) is 34.6 Å². The van der Waals surface area contributed by atoms with Crippen LogP contribution >= 0.6 is 0 Å². The number of hydrogen-bond acceptors (Lipinski definition) is 3. The highest BCUT2D eigenvalue weighted by atomic mass is 16.7. The van der Waals surface area contributed by atoms with Crippen molar-refractivity contribution in [3.63, 3.8) is 0 Å². The third-order valence-electron chi connectivity index (χ3n) is 6.06. The molecule has 1 aliphatic heterocycles. The molecular weight excluding hydrogens is 237 g/mol. The van der Waals surface area contributed by atoms with Gasteiger partial charge in [0.15, 0.2) is 0 Å². The molecule has 3 saturated carbocycles. The summed E-state index contributed by atoms with van der Waals surface area (Å²) < 4.78 is 12.5. The highest BCUT2D eigenvalue weighted by Gasteiger charge is 2.68. The van der Waals surface area contributed by atoms with E-state index in [0.717, 1.165) is 18.8 Å². The van der Waals surface area contributed by atoms with E-state index in [9.17, 15) is 0 Å². The maximum Gasteiger partial charge on any atom is 0.475 e. The van der Waals surface area contributed by atoms with Crippen molar-refractivity contribution in [2.45, 2.75) is 71.5 Å². The molecule has 4 heteroatoms. The number of nitrogens with two attached hydrogens (primary N) is 1. The lowest BCUT2D eigenvalue weighted by Crippen LogP contribution is -2.65. The smallest absolute Gasteiger partial charge is 0.404 e. The van der Waals surface area contributed by atoms with Crippen LogP contribution in [0.5, 0.6) is 0 Å². The quantitative estimate of drug-likeness (QED) is 0.798. The Bertz CT molecular complexity index is 373. The lowest BCUT2D eigenvalue weighted by Gasteiger charge is -2.64. The normalized spacial score (nSPS) is 45.0. The Balaban J connectivity index is 1.74. The van der Waals surface area contributed by atoms with Gasteiger partial charge in [-0.15, -0.1) is 0 Å². The van der Waals surface area contributed by atoms with Crippen LogP contribution in [-0.2, 0) is 9.31 Å². The zero-order chi connectivity index (χ0) is 14.0. The third kappa shape index (κ3) is 1.90. The second kappa shape index (κ2) is 4.22. The summed E-state index contributed by atoms with van der Waals surface area (Å²) in [6, 6.07) is 0. The predicted molar refractivity (Wildman–Crippen MR) is 77.5 cm³/mol. The van der Waals surface area contributed by atoms with Gasteiger partial charge in [-0.1, -0.05) is 27.7 Å². The Hall–Kier alpha value is -0.0551. The first-order valence-electron chi connectivity index (χ1n) is 7.84. The summed E-state index contributed by atoms with van der Waals surface area (Å²) in [6.45, 7) is 11.4. The molecular formula is C15H28BNO2. The van der Waals surface area contributed by atoms with Crippen LogP contribution in [0.4, 0.5) is 0 Å². The van der Waals surface area contributed by atoms with Crippen LogP contribution in [0.1, 0.15) is 53.9 Å². The molecule has 3 nitrogen and oxygen atoms in total. The first kappa shape index (κ1) is 13.9. The van der Waals surface area contributed by atoms with Gasteiger partial charge in [0.2, 0.25) is 0 Å². The van der Waals surface area contributed by atoms with Crippen molar-refractivity contribution in [3.05, 3.63) is 0 Å². The summed E-state index contributed by atoms with van der Waals surface area (Å²) in [5.74, 6) is 2.02. The molecule has 19 heavy (non-hydrogen) atoms. The average molecular weight is 265 g/mol. The van der Waals surface area contributed by atoms with Gasteiger partial charge in [0.05, 0.1) is 11.7 Å². The van der Waals surface area contributed by atoms with Gasteiger partial charge in [-0.2, -0.15) is 0 Å². The van der Waals surface area contributed by atoms with Crippen molar-refractivity contribution in [3.8, 4) is 0 Å². The summed E-state index contributed by atoms with van der Waals surface area (Å²) in [6.07, 6.45) is 3.67. The van der Waals surface area contributed by atoms with E-state index in [4.69, 9.17) is 15.0 Å². The molecule has 1 heterocycles. The molecule has 4 fully saturated rings. The largest absolute Gasteiger partial charge is 0.475 e. The van der Waals surface area contributed by atoms with Gasteiger partial charge in [0.25, 0.3) is 0 Å². The molecule has 0 aromatic heterocycles. The van der Waals surface area contributed by atoms with E-state index in [1.807, 2.05) is 0 Å². The van der Waals surface area contributed by atoms with E-state index in [1.165, 1.54) is 6.42 Å². The van der Waals surface area contributed by atoms with Crippen LogP contribution in [0, 0.1) is 23.2 Å². The fourth-order valence-electron chi connectivity index (χ4n) is 4.74. The molecule has 0 aromatic carbocycles. The fraction of sp³-hybridized carbons (Fsp3) is 1.00. The SMILES string of the molecule is CC(C)C[C@@H](N)B1O[C@@H]2CC3C[C@@H](C3(C)C)[C@]2(C)O1. The van der Waals surface area contributed by atoms with Gasteiger partial charge >= 0.3 is 7.12 Å². The molecule has 0 spiro atoms. The summed E-state index contributed by atoms with van der Waals surface area (Å²) in [5, 5.41) is 0. The van der Waals surface area contributed by atoms with Crippen LogP contribution in [-0.4, -0.2) is 24.8 Å². The Morgan fingerprint density at radius 3 is 2.53 bits per heavy atom. The lowest BCUT2D eigenvalue weighted by atomic mass is 9.43. The monoisotopic (exact) mass is 265 g/mol. The van der Waals surface area contributed by atoms with Crippen molar-refractivity contribution >= 4 is 7.12 Å². The van der Waals surface area contributed by atoms with Crippen molar-refractivity contribution < 1.29 is 9.31 Å². The summed E-state index contributed by atoms with van der Waals surface area (Å²) >= 11 is 0. The number of hydrogen-bond donors (Lipinski definition) is 1. The van der Waals surface area contributed by atoms with Crippen LogP contribution in [0.25, 0.3) is 0 Å². The zero-order valence-corrected chi connectivity index (χ0v) is 13.0. The predicted octanol–water partition coefficient (Wildman–Crippen LogP) is 2.63. The van der Waals surface area contributed by atoms with Gasteiger partial charge in [0, 0.05) is 5.94 Å². The number of rotatable bonds is 3. The summed E-state index contributed by atoms with van der Waals surface area (Å²) in [4.78, 5) is 0. The molecule has 108 valence electrons. The van der Waals surface area contributed by atoms with E-state index < -0.39 is 0 Å². The zero-order valence-electron chi connectivity index (χ0n) is 13.0. The minimum absolute atomic E-state index is 0.00253. The molecule has 0 aromatic rings. The van der Waals surface area contributed by atoms with Gasteiger partial charge in [-0.3, -0.25) is 0 Å². The van der Waals surface area contributed by atoms with E-state index in [-0.39, 0.29) is 24.8 Å². The first-order valence-corrected chi connectivity index (χ1v) is 7.84. The van der Waals surface area contributed by atoms with Crippen molar-refractivity contribution in [1.29, 1.82) is 0 Å². The molecule has 1 saturated heterocycles. The topological polar surface area (TPSA) is 44.5 Å². The average Bonchev–Trinajstić information content (AvgIpc) is 2.64. The maximum absolute atomic E-state index is 6.35. The lowest BCUT2D eigenvalue weighted by molar-refractivity contribution is -0.199. The fourth-order valence-corrected chi connectivity index (χ4v) is 4.74. The highest BCUT2D eigenvalue weighted by molar-refractivity contribution is 6.47. The molecule has 0 amide bonds. The molecule has 2 N–H and O–H groups in total. The summed E-state index contributed by atoms with van der Waals surface area (Å²) in [7, 11) is -0.201. The van der Waals surface area contributed by atoms with Gasteiger partial charge in [-0.25, -0.2) is 0 Å². The van der Waals surface area contributed by atoms with Gasteiger partial charge < -0.3 is 15.0 Å². The van der Waals surface area contributed by atoms with Crippen LogP contribution in [0.3, 0.4) is 0 Å². The first-order chi connectivity index (χ1) is 8.75. The van der Waals surface area contributed by atoms with E-state index in [0.29, 0.717) is 17.3 Å². The van der Waals surface area contributed by atoms with Crippen LogP contribution < -0.4 is 5.73 Å². The second-order valence-electron chi connectivity index (χ2n) is 8.13. The minimum Gasteiger partial charge on any atom is -0.404 e. The molecule has 1 unspecified atom stereocenters. The molecule has 0 radical (unpaired) electrons. The third-order valence-corrected chi connectivity index (χ3v) is 6.06. The second-order valence-corrected chi connectivity index (χ2v) is 8.13. The van der Waals surface area contributed by atoms with Crippen molar-refractivity contribution in [1.82, 2.24) is 0 Å².